The van der Waals surface area contributed by atoms with Crippen LogP contribution in [0.25, 0.3) is 0 Å². The lowest BCUT2D eigenvalue weighted by atomic mass is 9.91. The van der Waals surface area contributed by atoms with E-state index in [0.717, 1.165) is 19.4 Å². The number of hydrogen-bond acceptors (Lipinski definition) is 2. The van der Waals surface area contributed by atoms with Crippen molar-refractivity contribution >= 4 is 5.97 Å². The monoisotopic (exact) mass is 295 g/mol. The number of hydrogen-bond donors (Lipinski definition) is 1. The Hall–Kier alpha value is -2.13. The Morgan fingerprint density at radius 2 is 1.55 bits per heavy atom. The molecule has 2 aromatic rings. The van der Waals surface area contributed by atoms with Crippen LogP contribution in [0.3, 0.4) is 0 Å². The van der Waals surface area contributed by atoms with Crippen LogP contribution in [0, 0.1) is 5.92 Å². The molecular weight excluding hydrogens is 274 g/mol. The van der Waals surface area contributed by atoms with Crippen molar-refractivity contribution in [2.45, 2.75) is 18.9 Å². The lowest BCUT2D eigenvalue weighted by Crippen LogP contribution is -2.41. The van der Waals surface area contributed by atoms with Crippen molar-refractivity contribution in [1.82, 2.24) is 4.90 Å². The van der Waals surface area contributed by atoms with E-state index in [4.69, 9.17) is 0 Å². The third-order valence-corrected chi connectivity index (χ3v) is 4.40. The van der Waals surface area contributed by atoms with E-state index in [1.54, 1.807) is 0 Å². The Bertz CT molecular complexity index is 572. The van der Waals surface area contributed by atoms with E-state index in [1.165, 1.54) is 11.1 Å². The molecule has 0 spiro atoms. The number of rotatable bonds is 4. The summed E-state index contributed by atoms with van der Waals surface area (Å²) < 4.78 is 0. The first-order chi connectivity index (χ1) is 10.8. The molecule has 22 heavy (non-hydrogen) atoms. The van der Waals surface area contributed by atoms with Gasteiger partial charge in [0.1, 0.15) is 0 Å². The average Bonchev–Trinajstić information content (AvgIpc) is 2.57. The van der Waals surface area contributed by atoms with Crippen LogP contribution in [0.5, 0.6) is 0 Å². The van der Waals surface area contributed by atoms with Crippen LogP contribution in [-0.4, -0.2) is 29.1 Å². The van der Waals surface area contributed by atoms with Crippen molar-refractivity contribution in [3.63, 3.8) is 0 Å². The fourth-order valence-electron chi connectivity index (χ4n) is 3.33. The Kier molecular flexibility index (Phi) is 4.54. The van der Waals surface area contributed by atoms with Crippen molar-refractivity contribution in [3.8, 4) is 0 Å². The number of aliphatic carboxylic acids is 1. The molecule has 2 aromatic carbocycles. The van der Waals surface area contributed by atoms with E-state index in [2.05, 4.69) is 29.2 Å². The maximum Gasteiger partial charge on any atom is 0.307 e. The first-order valence-corrected chi connectivity index (χ1v) is 7.82. The summed E-state index contributed by atoms with van der Waals surface area (Å²) in [6, 6.07) is 20.9. The van der Waals surface area contributed by atoms with E-state index in [1.807, 2.05) is 36.4 Å². The van der Waals surface area contributed by atoms with Gasteiger partial charge in [-0.3, -0.25) is 9.69 Å². The van der Waals surface area contributed by atoms with E-state index < -0.39 is 5.97 Å². The van der Waals surface area contributed by atoms with Gasteiger partial charge in [-0.15, -0.1) is 0 Å². The van der Waals surface area contributed by atoms with Gasteiger partial charge >= 0.3 is 5.97 Å². The smallest absolute Gasteiger partial charge is 0.307 e. The van der Waals surface area contributed by atoms with E-state index >= 15 is 0 Å². The minimum absolute atomic E-state index is 0.129. The Balaban J connectivity index is 1.94. The molecule has 1 heterocycles. The predicted octanol–water partition coefficient (Wildman–Crippen LogP) is 3.57. The molecule has 0 aliphatic carbocycles. The molecule has 0 bridgehead atoms. The van der Waals surface area contributed by atoms with Crippen LogP contribution in [0.1, 0.15) is 30.0 Å². The number of carbonyl (C=O) groups is 1. The summed E-state index contributed by atoms with van der Waals surface area (Å²) in [7, 11) is 0. The van der Waals surface area contributed by atoms with Gasteiger partial charge in [-0.2, -0.15) is 0 Å². The molecule has 3 nitrogen and oxygen atoms in total. The normalized spacial score (nSPS) is 19.2. The maximum atomic E-state index is 11.4. The predicted molar refractivity (Wildman–Crippen MR) is 86.7 cm³/mol. The molecular formula is C19H21NO2. The highest BCUT2D eigenvalue weighted by Crippen LogP contribution is 2.32. The highest BCUT2D eigenvalue weighted by atomic mass is 16.4. The van der Waals surface area contributed by atoms with Crippen molar-refractivity contribution < 1.29 is 9.90 Å². The second-order valence-corrected chi connectivity index (χ2v) is 5.90. The molecule has 1 aliphatic heterocycles. The largest absolute Gasteiger partial charge is 0.481 e. The fraction of sp³-hybridized carbons (Fsp3) is 0.316. The molecule has 1 aliphatic rings. The molecule has 0 saturated carbocycles. The van der Waals surface area contributed by atoms with Gasteiger partial charge in [0.05, 0.1) is 12.0 Å². The zero-order chi connectivity index (χ0) is 15.4. The van der Waals surface area contributed by atoms with Gasteiger partial charge in [-0.25, -0.2) is 0 Å². The molecule has 1 N–H and O–H groups in total. The summed E-state index contributed by atoms with van der Waals surface area (Å²) in [6.07, 6.45) is 1.72. The molecule has 0 amide bonds. The Labute approximate surface area is 131 Å². The third-order valence-electron chi connectivity index (χ3n) is 4.40. The van der Waals surface area contributed by atoms with Crippen molar-refractivity contribution in [2.24, 2.45) is 5.92 Å². The minimum atomic E-state index is -0.676. The minimum Gasteiger partial charge on any atom is -0.481 e. The fourth-order valence-corrected chi connectivity index (χ4v) is 3.33. The molecule has 1 fully saturated rings. The summed E-state index contributed by atoms with van der Waals surface area (Å²) in [4.78, 5) is 13.7. The molecule has 3 heteroatoms. The van der Waals surface area contributed by atoms with Crippen LogP contribution >= 0.6 is 0 Å². The molecule has 114 valence electrons. The number of carboxylic acid groups (broad SMARTS) is 1. The second-order valence-electron chi connectivity index (χ2n) is 5.90. The van der Waals surface area contributed by atoms with Crippen LogP contribution in [0.4, 0.5) is 0 Å². The highest BCUT2D eigenvalue weighted by Gasteiger charge is 2.30. The number of carboxylic acids is 1. The second kappa shape index (κ2) is 6.75. The van der Waals surface area contributed by atoms with Gasteiger partial charge in [0.2, 0.25) is 0 Å². The van der Waals surface area contributed by atoms with Crippen molar-refractivity contribution in [3.05, 3.63) is 71.8 Å². The van der Waals surface area contributed by atoms with E-state index in [9.17, 15) is 9.90 Å². The molecule has 0 aromatic heterocycles. The van der Waals surface area contributed by atoms with Gasteiger partial charge in [0.25, 0.3) is 0 Å². The zero-order valence-electron chi connectivity index (χ0n) is 12.6. The summed E-state index contributed by atoms with van der Waals surface area (Å²) >= 11 is 0. The van der Waals surface area contributed by atoms with Crippen LogP contribution < -0.4 is 0 Å². The van der Waals surface area contributed by atoms with Crippen LogP contribution in [-0.2, 0) is 4.79 Å². The summed E-state index contributed by atoms with van der Waals surface area (Å²) in [5.74, 6) is -0.937. The van der Waals surface area contributed by atoms with Gasteiger partial charge in [-0.1, -0.05) is 60.7 Å². The van der Waals surface area contributed by atoms with Gasteiger partial charge in [0, 0.05) is 6.54 Å². The lowest BCUT2D eigenvalue weighted by molar-refractivity contribution is -0.143. The van der Waals surface area contributed by atoms with Crippen molar-refractivity contribution in [2.75, 3.05) is 13.1 Å². The molecule has 1 atom stereocenters. The average molecular weight is 295 g/mol. The summed E-state index contributed by atoms with van der Waals surface area (Å²) in [6.45, 7) is 1.56. The number of likely N-dealkylation sites (tertiary alicyclic amines) is 1. The summed E-state index contributed by atoms with van der Waals surface area (Å²) in [5.41, 5.74) is 2.44. The van der Waals surface area contributed by atoms with Gasteiger partial charge in [-0.05, 0) is 30.5 Å². The lowest BCUT2D eigenvalue weighted by Gasteiger charge is -2.37. The molecule has 0 radical (unpaired) electrons. The molecule has 3 rings (SSSR count). The molecule has 0 unspecified atom stereocenters. The first kappa shape index (κ1) is 14.8. The molecule has 1 saturated heterocycles. The van der Waals surface area contributed by atoms with Gasteiger partial charge < -0.3 is 5.11 Å². The quantitative estimate of drug-likeness (QED) is 0.937. The maximum absolute atomic E-state index is 11.4. The van der Waals surface area contributed by atoms with Gasteiger partial charge in [0.15, 0.2) is 0 Å². The highest BCUT2D eigenvalue weighted by molar-refractivity contribution is 5.70. The van der Waals surface area contributed by atoms with Crippen molar-refractivity contribution in [1.29, 1.82) is 0 Å². The Morgan fingerprint density at radius 1 is 1.00 bits per heavy atom. The van der Waals surface area contributed by atoms with E-state index in [0.29, 0.717) is 6.54 Å². The number of nitrogens with zero attached hydrogens (tertiary/aromatic N) is 1. The standard InChI is InChI=1S/C19H21NO2/c21-19(22)17-12-7-13-20(14-17)18(15-8-3-1-4-9-15)16-10-5-2-6-11-16/h1-6,8-11,17-18H,7,12-14H2,(H,21,22)/t17-/m0/s1. The van der Waals surface area contributed by atoms with Crippen LogP contribution in [0.15, 0.2) is 60.7 Å². The topological polar surface area (TPSA) is 40.5 Å². The zero-order valence-corrected chi connectivity index (χ0v) is 12.6. The number of benzene rings is 2. The summed E-state index contributed by atoms with van der Waals surface area (Å²) in [5, 5.41) is 9.35. The Morgan fingerprint density at radius 3 is 2.05 bits per heavy atom. The van der Waals surface area contributed by atoms with Crippen LogP contribution in [0.2, 0.25) is 0 Å². The third kappa shape index (κ3) is 3.20. The SMILES string of the molecule is O=C(O)[C@H]1CCCN(C(c2ccccc2)c2ccccc2)C1. The van der Waals surface area contributed by atoms with E-state index in [-0.39, 0.29) is 12.0 Å². The first-order valence-electron chi connectivity index (χ1n) is 7.82. The number of piperidine rings is 1.